The van der Waals surface area contributed by atoms with Crippen molar-refractivity contribution in [1.29, 1.82) is 0 Å². The highest BCUT2D eigenvalue weighted by Crippen LogP contribution is 2.35. The third-order valence-electron chi connectivity index (χ3n) is 3.80. The summed E-state index contributed by atoms with van der Waals surface area (Å²) >= 11 is 1.55. The number of benzene rings is 2. The zero-order valence-electron chi connectivity index (χ0n) is 14.0. The lowest BCUT2D eigenvalue weighted by Crippen LogP contribution is -2.17. The average molecular weight is 395 g/mol. The van der Waals surface area contributed by atoms with Crippen LogP contribution in [0.3, 0.4) is 0 Å². The number of carbonyl (C=O) groups is 1. The lowest BCUT2D eigenvalue weighted by atomic mass is 10.1. The third-order valence-corrected chi connectivity index (χ3v) is 4.96. The SMILES string of the molecule is O=C(O)CCNCc1ccc2sc(-c3ccc(OC(F)(F)F)cc3)cc2c1. The minimum Gasteiger partial charge on any atom is -0.481 e. The molecule has 0 aliphatic carbocycles. The lowest BCUT2D eigenvalue weighted by Gasteiger charge is -2.08. The summed E-state index contributed by atoms with van der Waals surface area (Å²) < 4.78 is 41.7. The second-order valence-corrected chi connectivity index (χ2v) is 6.96. The Balaban J connectivity index is 1.71. The number of hydrogen-bond donors (Lipinski definition) is 2. The van der Waals surface area contributed by atoms with Gasteiger partial charge in [0.2, 0.25) is 0 Å². The number of ether oxygens (including phenoxy) is 1. The first kappa shape index (κ1) is 19.2. The van der Waals surface area contributed by atoms with Crippen molar-refractivity contribution in [2.75, 3.05) is 6.54 Å². The summed E-state index contributed by atoms with van der Waals surface area (Å²) in [5.41, 5.74) is 1.85. The van der Waals surface area contributed by atoms with Crippen LogP contribution in [0.4, 0.5) is 13.2 Å². The van der Waals surface area contributed by atoms with E-state index in [9.17, 15) is 18.0 Å². The van der Waals surface area contributed by atoms with Crippen LogP contribution in [0, 0.1) is 0 Å². The Hall–Kier alpha value is -2.58. The number of carboxylic acids is 1. The van der Waals surface area contributed by atoms with Crippen LogP contribution in [0.5, 0.6) is 5.75 Å². The van der Waals surface area contributed by atoms with Crippen LogP contribution in [-0.2, 0) is 11.3 Å². The highest BCUT2D eigenvalue weighted by Gasteiger charge is 2.30. The minimum absolute atomic E-state index is 0.0683. The molecule has 4 nitrogen and oxygen atoms in total. The maximum atomic E-state index is 12.2. The molecule has 0 amide bonds. The molecular weight excluding hydrogens is 379 g/mol. The van der Waals surface area contributed by atoms with E-state index in [0.29, 0.717) is 13.1 Å². The number of thiophene rings is 1. The molecule has 0 spiro atoms. The van der Waals surface area contributed by atoms with Gasteiger partial charge in [-0.2, -0.15) is 0 Å². The Morgan fingerprint density at radius 2 is 1.85 bits per heavy atom. The van der Waals surface area contributed by atoms with Crippen molar-refractivity contribution >= 4 is 27.4 Å². The summed E-state index contributed by atoms with van der Waals surface area (Å²) in [6, 6.07) is 13.7. The molecule has 0 fully saturated rings. The quantitative estimate of drug-likeness (QED) is 0.551. The molecule has 0 saturated heterocycles. The van der Waals surface area contributed by atoms with E-state index in [4.69, 9.17) is 5.11 Å². The van der Waals surface area contributed by atoms with Crippen molar-refractivity contribution in [2.24, 2.45) is 0 Å². The Morgan fingerprint density at radius 1 is 1.11 bits per heavy atom. The average Bonchev–Trinajstić information content (AvgIpc) is 3.01. The summed E-state index contributed by atoms with van der Waals surface area (Å²) in [4.78, 5) is 11.5. The lowest BCUT2D eigenvalue weighted by molar-refractivity contribution is -0.274. The highest BCUT2D eigenvalue weighted by atomic mass is 32.1. The number of halogens is 3. The Labute approximate surface area is 157 Å². The van der Waals surface area contributed by atoms with Gasteiger partial charge in [-0.05, 0) is 59.0 Å². The molecule has 142 valence electrons. The van der Waals surface area contributed by atoms with Gasteiger partial charge in [-0.15, -0.1) is 24.5 Å². The Morgan fingerprint density at radius 3 is 2.52 bits per heavy atom. The van der Waals surface area contributed by atoms with E-state index in [1.54, 1.807) is 23.5 Å². The Bertz CT molecular complexity index is 936. The molecule has 8 heteroatoms. The second-order valence-electron chi connectivity index (χ2n) is 5.88. The molecule has 2 N–H and O–H groups in total. The van der Waals surface area contributed by atoms with Gasteiger partial charge in [0.25, 0.3) is 0 Å². The predicted molar refractivity (Wildman–Crippen MR) is 97.9 cm³/mol. The fourth-order valence-electron chi connectivity index (χ4n) is 2.59. The van der Waals surface area contributed by atoms with E-state index in [0.717, 1.165) is 26.1 Å². The van der Waals surface area contributed by atoms with Crippen LogP contribution >= 0.6 is 11.3 Å². The van der Waals surface area contributed by atoms with Gasteiger partial charge in [0.1, 0.15) is 5.75 Å². The highest BCUT2D eigenvalue weighted by molar-refractivity contribution is 7.22. The van der Waals surface area contributed by atoms with Crippen molar-refractivity contribution in [3.63, 3.8) is 0 Å². The summed E-state index contributed by atoms with van der Waals surface area (Å²) in [6.07, 6.45) is -4.63. The molecule has 1 aromatic heterocycles. The van der Waals surface area contributed by atoms with Crippen molar-refractivity contribution in [1.82, 2.24) is 5.32 Å². The fraction of sp³-hybridized carbons (Fsp3) is 0.211. The smallest absolute Gasteiger partial charge is 0.481 e. The Kier molecular flexibility index (Phi) is 5.67. The molecule has 3 rings (SSSR count). The van der Waals surface area contributed by atoms with E-state index in [1.165, 1.54) is 12.1 Å². The molecule has 1 heterocycles. The summed E-state index contributed by atoms with van der Waals surface area (Å²) in [5, 5.41) is 12.7. The molecule has 2 aromatic carbocycles. The van der Waals surface area contributed by atoms with Gasteiger partial charge in [-0.3, -0.25) is 4.79 Å². The van der Waals surface area contributed by atoms with Crippen LogP contribution in [0.1, 0.15) is 12.0 Å². The van der Waals surface area contributed by atoms with Crippen molar-refractivity contribution in [2.45, 2.75) is 19.3 Å². The first-order chi connectivity index (χ1) is 12.8. The van der Waals surface area contributed by atoms with Crippen LogP contribution < -0.4 is 10.1 Å². The monoisotopic (exact) mass is 395 g/mol. The van der Waals surface area contributed by atoms with E-state index >= 15 is 0 Å². The standard InChI is InChI=1S/C19H16F3NO3S/c20-19(21,22)26-15-4-2-13(3-5-15)17-10-14-9-12(1-6-16(14)27-17)11-23-8-7-18(24)25/h1-6,9-10,23H,7-8,11H2,(H,24,25). The van der Waals surface area contributed by atoms with E-state index in [1.807, 2.05) is 24.3 Å². The third kappa shape index (κ3) is 5.45. The summed E-state index contributed by atoms with van der Waals surface area (Å²) in [5.74, 6) is -1.09. The maximum Gasteiger partial charge on any atom is 0.573 e. The van der Waals surface area contributed by atoms with E-state index in [2.05, 4.69) is 10.1 Å². The van der Waals surface area contributed by atoms with Crippen molar-refractivity contribution < 1.29 is 27.8 Å². The molecule has 0 saturated carbocycles. The van der Waals surface area contributed by atoms with Gasteiger partial charge in [0.15, 0.2) is 0 Å². The number of alkyl halides is 3. The first-order valence-electron chi connectivity index (χ1n) is 8.11. The van der Waals surface area contributed by atoms with E-state index < -0.39 is 12.3 Å². The normalized spacial score (nSPS) is 11.7. The van der Waals surface area contributed by atoms with Gasteiger partial charge in [0, 0.05) is 22.7 Å². The number of carboxylic acid groups (broad SMARTS) is 1. The molecule has 0 aliphatic heterocycles. The number of fused-ring (bicyclic) bond motifs is 1. The van der Waals surface area contributed by atoms with Crippen LogP contribution in [0.15, 0.2) is 48.5 Å². The van der Waals surface area contributed by atoms with Crippen molar-refractivity contribution in [3.05, 3.63) is 54.1 Å². The van der Waals surface area contributed by atoms with Crippen molar-refractivity contribution in [3.8, 4) is 16.2 Å². The van der Waals surface area contributed by atoms with Gasteiger partial charge in [-0.25, -0.2) is 0 Å². The van der Waals surface area contributed by atoms with Gasteiger partial charge >= 0.3 is 12.3 Å². The zero-order valence-corrected chi connectivity index (χ0v) is 14.9. The van der Waals surface area contributed by atoms with E-state index in [-0.39, 0.29) is 12.2 Å². The number of aliphatic carboxylic acids is 1. The molecule has 0 radical (unpaired) electrons. The molecule has 3 aromatic rings. The van der Waals surface area contributed by atoms with Gasteiger partial charge in [-0.1, -0.05) is 6.07 Å². The molecule has 0 aliphatic rings. The molecule has 0 bridgehead atoms. The molecule has 0 unspecified atom stereocenters. The topological polar surface area (TPSA) is 58.6 Å². The molecular formula is C19H16F3NO3S. The summed E-state index contributed by atoms with van der Waals surface area (Å²) in [7, 11) is 0. The van der Waals surface area contributed by atoms with Crippen LogP contribution in [-0.4, -0.2) is 24.0 Å². The number of hydrogen-bond acceptors (Lipinski definition) is 4. The molecule has 27 heavy (non-hydrogen) atoms. The first-order valence-corrected chi connectivity index (χ1v) is 8.93. The maximum absolute atomic E-state index is 12.2. The molecule has 0 atom stereocenters. The van der Waals surface area contributed by atoms with Gasteiger partial charge < -0.3 is 15.2 Å². The second kappa shape index (κ2) is 7.98. The zero-order chi connectivity index (χ0) is 19.4. The van der Waals surface area contributed by atoms with Gasteiger partial charge in [0.05, 0.1) is 6.42 Å². The van der Waals surface area contributed by atoms with Crippen LogP contribution in [0.25, 0.3) is 20.5 Å². The number of nitrogens with one attached hydrogen (secondary N) is 1. The number of rotatable bonds is 7. The largest absolute Gasteiger partial charge is 0.573 e. The summed E-state index contributed by atoms with van der Waals surface area (Å²) in [6.45, 7) is 0.965. The fourth-order valence-corrected chi connectivity index (χ4v) is 3.64. The minimum atomic E-state index is -4.70. The van der Waals surface area contributed by atoms with Crippen LogP contribution in [0.2, 0.25) is 0 Å². The predicted octanol–water partition coefficient (Wildman–Crippen LogP) is 5.03.